The summed E-state index contributed by atoms with van der Waals surface area (Å²) < 4.78 is 0. The second-order valence-electron chi connectivity index (χ2n) is 3.59. The molecule has 14 heavy (non-hydrogen) atoms. The zero-order chi connectivity index (χ0) is 10.4. The van der Waals surface area contributed by atoms with E-state index < -0.39 is 0 Å². The van der Waals surface area contributed by atoms with Crippen LogP contribution in [0.4, 0.5) is 0 Å². The maximum absolute atomic E-state index is 12.0. The second-order valence-corrected chi connectivity index (χ2v) is 4.63. The van der Waals surface area contributed by atoms with E-state index in [0.717, 1.165) is 39.0 Å². The monoisotopic (exact) mass is 216 g/mol. The van der Waals surface area contributed by atoms with E-state index in [4.69, 9.17) is 0 Å². The van der Waals surface area contributed by atoms with Gasteiger partial charge in [-0.2, -0.15) is 11.8 Å². The van der Waals surface area contributed by atoms with Gasteiger partial charge in [0.25, 0.3) is 0 Å². The maximum Gasteiger partial charge on any atom is 0.235 e. The van der Waals surface area contributed by atoms with E-state index >= 15 is 0 Å². The minimum Gasteiger partial charge on any atom is -0.339 e. The Balaban J connectivity index is 2.43. The van der Waals surface area contributed by atoms with Gasteiger partial charge in [-0.05, 0) is 12.7 Å². The average Bonchev–Trinajstić information content (AvgIpc) is 2.26. The van der Waals surface area contributed by atoms with Crippen LogP contribution in [0.2, 0.25) is 0 Å². The Morgan fingerprint density at radius 3 is 2.64 bits per heavy atom. The first-order valence-electron chi connectivity index (χ1n) is 5.32. The standard InChI is InChI=1S/C10H20N2OS/c1-3-4-9(14-2)10(13)12-7-5-11-6-8-12/h9,11H,3-8H2,1-2H3. The SMILES string of the molecule is CCCC(SC)C(=O)N1CCNCC1. The van der Waals surface area contributed by atoms with Crippen molar-refractivity contribution in [3.63, 3.8) is 0 Å². The quantitative estimate of drug-likeness (QED) is 0.759. The molecular formula is C10H20N2OS. The lowest BCUT2D eigenvalue weighted by molar-refractivity contribution is -0.131. The number of amides is 1. The zero-order valence-corrected chi connectivity index (χ0v) is 9.90. The summed E-state index contributed by atoms with van der Waals surface area (Å²) in [7, 11) is 0. The molecule has 1 unspecified atom stereocenters. The highest BCUT2D eigenvalue weighted by molar-refractivity contribution is 7.99. The third kappa shape index (κ3) is 3.17. The predicted octanol–water partition coefficient (Wildman–Crippen LogP) is 0.950. The van der Waals surface area contributed by atoms with Crippen molar-refractivity contribution in [2.75, 3.05) is 32.4 Å². The van der Waals surface area contributed by atoms with E-state index in [1.54, 1.807) is 11.8 Å². The lowest BCUT2D eigenvalue weighted by Crippen LogP contribution is -2.49. The molecule has 0 aromatic carbocycles. The molecule has 1 N–H and O–H groups in total. The van der Waals surface area contributed by atoms with Crippen molar-refractivity contribution in [1.82, 2.24) is 10.2 Å². The first-order chi connectivity index (χ1) is 6.79. The van der Waals surface area contributed by atoms with Crippen LogP contribution in [0.15, 0.2) is 0 Å². The van der Waals surface area contributed by atoms with Gasteiger partial charge in [-0.3, -0.25) is 4.79 Å². The molecule has 1 rings (SSSR count). The molecule has 82 valence electrons. The Hall–Kier alpha value is -0.220. The van der Waals surface area contributed by atoms with Gasteiger partial charge in [0, 0.05) is 26.2 Å². The van der Waals surface area contributed by atoms with Gasteiger partial charge in [0.05, 0.1) is 5.25 Å². The first-order valence-corrected chi connectivity index (χ1v) is 6.60. The van der Waals surface area contributed by atoms with E-state index in [1.165, 1.54) is 0 Å². The topological polar surface area (TPSA) is 32.3 Å². The van der Waals surface area contributed by atoms with Crippen molar-refractivity contribution in [2.24, 2.45) is 0 Å². The number of nitrogens with zero attached hydrogens (tertiary/aromatic N) is 1. The minimum atomic E-state index is 0.179. The van der Waals surface area contributed by atoms with Crippen LogP contribution in [0.1, 0.15) is 19.8 Å². The molecule has 1 amide bonds. The number of hydrogen-bond donors (Lipinski definition) is 1. The molecule has 0 aromatic heterocycles. The Kier molecular flexibility index (Phi) is 5.33. The molecule has 0 bridgehead atoms. The van der Waals surface area contributed by atoms with E-state index in [0.29, 0.717) is 5.91 Å². The molecule has 0 spiro atoms. The molecule has 1 heterocycles. The van der Waals surface area contributed by atoms with Gasteiger partial charge in [-0.25, -0.2) is 0 Å². The van der Waals surface area contributed by atoms with Gasteiger partial charge in [0.15, 0.2) is 0 Å². The predicted molar refractivity (Wildman–Crippen MR) is 61.7 cm³/mol. The summed E-state index contributed by atoms with van der Waals surface area (Å²) in [5.74, 6) is 0.334. The van der Waals surface area contributed by atoms with Crippen LogP contribution in [-0.2, 0) is 4.79 Å². The molecule has 0 radical (unpaired) electrons. The van der Waals surface area contributed by atoms with Crippen molar-refractivity contribution < 1.29 is 4.79 Å². The van der Waals surface area contributed by atoms with Gasteiger partial charge in [0.2, 0.25) is 5.91 Å². The molecule has 0 aliphatic carbocycles. The maximum atomic E-state index is 12.0. The number of hydrogen-bond acceptors (Lipinski definition) is 3. The van der Waals surface area contributed by atoms with E-state index in [9.17, 15) is 4.79 Å². The first kappa shape index (κ1) is 11.9. The molecule has 3 nitrogen and oxygen atoms in total. The van der Waals surface area contributed by atoms with Crippen molar-refractivity contribution >= 4 is 17.7 Å². The fraction of sp³-hybridized carbons (Fsp3) is 0.900. The fourth-order valence-corrected chi connectivity index (χ4v) is 2.52. The highest BCUT2D eigenvalue weighted by atomic mass is 32.2. The second kappa shape index (κ2) is 6.30. The van der Waals surface area contributed by atoms with Crippen molar-refractivity contribution in [3.8, 4) is 0 Å². The minimum absolute atomic E-state index is 0.179. The van der Waals surface area contributed by atoms with Gasteiger partial charge in [-0.1, -0.05) is 13.3 Å². The lowest BCUT2D eigenvalue weighted by atomic mass is 10.2. The van der Waals surface area contributed by atoms with Crippen LogP contribution in [-0.4, -0.2) is 48.5 Å². The van der Waals surface area contributed by atoms with Crippen molar-refractivity contribution in [2.45, 2.75) is 25.0 Å². The smallest absolute Gasteiger partial charge is 0.235 e. The number of thioether (sulfide) groups is 1. The molecule has 1 fully saturated rings. The molecular weight excluding hydrogens is 196 g/mol. The van der Waals surface area contributed by atoms with Gasteiger partial charge in [0.1, 0.15) is 0 Å². The summed E-state index contributed by atoms with van der Waals surface area (Å²) >= 11 is 1.68. The Bertz CT molecular complexity index is 174. The third-order valence-corrected chi connectivity index (χ3v) is 3.55. The fourth-order valence-electron chi connectivity index (χ4n) is 1.69. The molecule has 4 heteroatoms. The van der Waals surface area contributed by atoms with E-state index in [-0.39, 0.29) is 5.25 Å². The largest absolute Gasteiger partial charge is 0.339 e. The summed E-state index contributed by atoms with van der Waals surface area (Å²) in [6.45, 7) is 5.77. The zero-order valence-electron chi connectivity index (χ0n) is 9.08. The van der Waals surface area contributed by atoms with Gasteiger partial charge in [-0.15, -0.1) is 0 Å². The van der Waals surface area contributed by atoms with Crippen LogP contribution in [0.25, 0.3) is 0 Å². The van der Waals surface area contributed by atoms with Crippen LogP contribution in [0.3, 0.4) is 0 Å². The number of carbonyl (C=O) groups is 1. The van der Waals surface area contributed by atoms with E-state index in [1.807, 2.05) is 11.2 Å². The number of carbonyl (C=O) groups excluding carboxylic acids is 1. The number of rotatable bonds is 4. The molecule has 1 saturated heterocycles. The molecule has 0 saturated carbocycles. The van der Waals surface area contributed by atoms with Crippen molar-refractivity contribution in [3.05, 3.63) is 0 Å². The van der Waals surface area contributed by atoms with Gasteiger partial charge < -0.3 is 10.2 Å². The lowest BCUT2D eigenvalue weighted by Gasteiger charge is -2.30. The normalized spacial score (nSPS) is 19.4. The third-order valence-electron chi connectivity index (χ3n) is 2.54. The summed E-state index contributed by atoms with van der Waals surface area (Å²) in [4.78, 5) is 14.0. The van der Waals surface area contributed by atoms with Crippen LogP contribution in [0.5, 0.6) is 0 Å². The molecule has 0 aromatic rings. The Morgan fingerprint density at radius 2 is 2.14 bits per heavy atom. The Morgan fingerprint density at radius 1 is 1.50 bits per heavy atom. The number of piperazine rings is 1. The highest BCUT2D eigenvalue weighted by Crippen LogP contribution is 2.16. The summed E-state index contributed by atoms with van der Waals surface area (Å²) in [6, 6.07) is 0. The summed E-state index contributed by atoms with van der Waals surface area (Å²) in [5.41, 5.74) is 0. The summed E-state index contributed by atoms with van der Waals surface area (Å²) in [5, 5.41) is 3.44. The van der Waals surface area contributed by atoms with Crippen LogP contribution >= 0.6 is 11.8 Å². The van der Waals surface area contributed by atoms with E-state index in [2.05, 4.69) is 12.2 Å². The number of nitrogens with one attached hydrogen (secondary N) is 1. The molecule has 1 atom stereocenters. The average molecular weight is 216 g/mol. The molecule has 1 aliphatic heterocycles. The van der Waals surface area contributed by atoms with Crippen molar-refractivity contribution in [1.29, 1.82) is 0 Å². The Labute approximate surface area is 90.6 Å². The molecule has 1 aliphatic rings. The highest BCUT2D eigenvalue weighted by Gasteiger charge is 2.23. The van der Waals surface area contributed by atoms with Crippen LogP contribution < -0.4 is 5.32 Å². The van der Waals surface area contributed by atoms with Crippen LogP contribution in [0, 0.1) is 0 Å². The van der Waals surface area contributed by atoms with Gasteiger partial charge >= 0.3 is 0 Å². The summed E-state index contributed by atoms with van der Waals surface area (Å²) in [6.07, 6.45) is 4.12.